The van der Waals surface area contributed by atoms with Gasteiger partial charge >= 0.3 is 6.18 Å². The molecule has 4 nitrogen and oxygen atoms in total. The van der Waals surface area contributed by atoms with Crippen molar-refractivity contribution >= 4 is 17.8 Å². The van der Waals surface area contributed by atoms with Crippen molar-refractivity contribution in [3.8, 4) is 0 Å². The van der Waals surface area contributed by atoms with Gasteiger partial charge in [-0.3, -0.25) is 4.79 Å². The Bertz CT molecular complexity index is 737. The van der Waals surface area contributed by atoms with Gasteiger partial charge in [0.25, 0.3) is 5.91 Å². The van der Waals surface area contributed by atoms with Gasteiger partial charge in [-0.25, -0.2) is 5.43 Å². The fourth-order valence-electron chi connectivity index (χ4n) is 1.93. The minimum absolute atomic E-state index is 0.107. The van der Waals surface area contributed by atoms with Gasteiger partial charge in [0, 0.05) is 25.3 Å². The summed E-state index contributed by atoms with van der Waals surface area (Å²) in [4.78, 5) is 13.8. The maximum absolute atomic E-state index is 12.6. The average molecular weight is 335 g/mol. The Kier molecular flexibility index (Phi) is 5.23. The second-order valence-electron chi connectivity index (χ2n) is 5.26. The van der Waals surface area contributed by atoms with E-state index in [2.05, 4.69) is 10.5 Å². The first-order valence-corrected chi connectivity index (χ1v) is 7.05. The van der Waals surface area contributed by atoms with Crippen LogP contribution < -0.4 is 10.3 Å². The maximum atomic E-state index is 12.6. The molecule has 0 heterocycles. The fraction of sp³-hybridized carbons (Fsp3) is 0.176. The van der Waals surface area contributed by atoms with Gasteiger partial charge in [-0.1, -0.05) is 18.2 Å². The molecule has 1 N–H and O–H groups in total. The van der Waals surface area contributed by atoms with E-state index in [1.807, 2.05) is 43.3 Å². The summed E-state index contributed by atoms with van der Waals surface area (Å²) in [5, 5.41) is 3.76. The number of rotatable bonds is 4. The Morgan fingerprint density at radius 2 is 1.79 bits per heavy atom. The van der Waals surface area contributed by atoms with Crippen LogP contribution in [0.1, 0.15) is 21.5 Å². The number of hydrazone groups is 1. The number of hydrogen-bond donors (Lipinski definition) is 1. The van der Waals surface area contributed by atoms with Crippen molar-refractivity contribution in [1.29, 1.82) is 0 Å². The number of benzene rings is 2. The molecular formula is C17H16F3N3O. The minimum atomic E-state index is -4.49. The first-order valence-electron chi connectivity index (χ1n) is 7.05. The molecule has 0 aliphatic carbocycles. The molecule has 2 aromatic carbocycles. The highest BCUT2D eigenvalue weighted by atomic mass is 19.4. The van der Waals surface area contributed by atoms with E-state index in [-0.39, 0.29) is 5.56 Å². The molecule has 0 saturated heterocycles. The molecule has 24 heavy (non-hydrogen) atoms. The van der Waals surface area contributed by atoms with Crippen LogP contribution in [0.5, 0.6) is 0 Å². The maximum Gasteiger partial charge on any atom is 0.416 e. The van der Waals surface area contributed by atoms with E-state index < -0.39 is 17.6 Å². The summed E-state index contributed by atoms with van der Waals surface area (Å²) >= 11 is 0. The molecule has 0 atom stereocenters. The van der Waals surface area contributed by atoms with Gasteiger partial charge in [-0.15, -0.1) is 0 Å². The molecule has 0 spiro atoms. The molecule has 126 valence electrons. The molecule has 2 aromatic rings. The van der Waals surface area contributed by atoms with E-state index in [1.54, 1.807) is 0 Å². The van der Waals surface area contributed by atoms with Gasteiger partial charge in [0.15, 0.2) is 0 Å². The van der Waals surface area contributed by atoms with Crippen LogP contribution >= 0.6 is 0 Å². The third-order valence-electron chi connectivity index (χ3n) is 3.24. The molecule has 0 saturated carbocycles. The van der Waals surface area contributed by atoms with Gasteiger partial charge in [-0.05, 0) is 35.9 Å². The van der Waals surface area contributed by atoms with Crippen LogP contribution in [0, 0.1) is 0 Å². The molecule has 0 fully saturated rings. The minimum Gasteiger partial charge on any atom is -0.378 e. The monoisotopic (exact) mass is 335 g/mol. The highest BCUT2D eigenvalue weighted by Crippen LogP contribution is 2.29. The first-order chi connectivity index (χ1) is 11.3. The highest BCUT2D eigenvalue weighted by molar-refractivity contribution is 5.95. The normalized spacial score (nSPS) is 11.5. The van der Waals surface area contributed by atoms with Crippen LogP contribution in [0.15, 0.2) is 53.6 Å². The number of anilines is 1. The standard InChI is InChI=1S/C17H16F3N3O/c1-23(2)15-8-6-12(7-9-15)11-21-22-16(24)13-4-3-5-14(10-13)17(18,19)20/h3-11H,1-2H3,(H,22,24)/b21-11-. The van der Waals surface area contributed by atoms with Gasteiger partial charge in [0.1, 0.15) is 0 Å². The molecular weight excluding hydrogens is 319 g/mol. The molecule has 2 rings (SSSR count). The lowest BCUT2D eigenvalue weighted by Crippen LogP contribution is -2.18. The number of carbonyl (C=O) groups excluding carboxylic acids is 1. The third-order valence-corrected chi connectivity index (χ3v) is 3.24. The second-order valence-corrected chi connectivity index (χ2v) is 5.26. The summed E-state index contributed by atoms with van der Waals surface area (Å²) in [6, 6.07) is 11.6. The SMILES string of the molecule is CN(C)c1ccc(/C=N\NC(=O)c2cccc(C(F)(F)F)c2)cc1. The van der Waals surface area contributed by atoms with Crippen molar-refractivity contribution in [2.75, 3.05) is 19.0 Å². The number of amides is 1. The first kappa shape index (κ1) is 17.5. The zero-order chi connectivity index (χ0) is 17.7. The van der Waals surface area contributed by atoms with E-state index >= 15 is 0 Å². The summed E-state index contributed by atoms with van der Waals surface area (Å²) < 4.78 is 37.9. The van der Waals surface area contributed by atoms with Gasteiger partial charge in [-0.2, -0.15) is 18.3 Å². The van der Waals surface area contributed by atoms with Crippen molar-refractivity contribution in [2.45, 2.75) is 6.18 Å². The summed E-state index contributed by atoms with van der Waals surface area (Å²) in [5.74, 6) is -0.706. The average Bonchev–Trinajstić information content (AvgIpc) is 2.54. The number of nitrogens with zero attached hydrogens (tertiary/aromatic N) is 2. The number of carbonyl (C=O) groups is 1. The van der Waals surface area contributed by atoms with Crippen LogP contribution in [0.2, 0.25) is 0 Å². The smallest absolute Gasteiger partial charge is 0.378 e. The predicted octanol–water partition coefficient (Wildman–Crippen LogP) is 3.54. The van der Waals surface area contributed by atoms with E-state index in [0.717, 1.165) is 23.4 Å². The van der Waals surface area contributed by atoms with E-state index in [9.17, 15) is 18.0 Å². The van der Waals surface area contributed by atoms with Crippen LogP contribution in [-0.4, -0.2) is 26.2 Å². The van der Waals surface area contributed by atoms with Gasteiger partial charge < -0.3 is 4.90 Å². The molecule has 1 amide bonds. The number of nitrogens with one attached hydrogen (secondary N) is 1. The zero-order valence-electron chi connectivity index (χ0n) is 13.1. The zero-order valence-corrected chi connectivity index (χ0v) is 13.1. The lowest BCUT2D eigenvalue weighted by Gasteiger charge is -2.11. The molecule has 0 radical (unpaired) electrons. The van der Waals surface area contributed by atoms with E-state index in [0.29, 0.717) is 0 Å². The highest BCUT2D eigenvalue weighted by Gasteiger charge is 2.30. The van der Waals surface area contributed by atoms with Crippen LogP contribution in [0.25, 0.3) is 0 Å². The third kappa shape index (κ3) is 4.58. The fourth-order valence-corrected chi connectivity index (χ4v) is 1.93. The Morgan fingerprint density at radius 3 is 2.38 bits per heavy atom. The predicted molar refractivity (Wildman–Crippen MR) is 87.3 cm³/mol. The van der Waals surface area contributed by atoms with Crippen LogP contribution in [-0.2, 0) is 6.18 Å². The number of hydrogen-bond acceptors (Lipinski definition) is 3. The van der Waals surface area contributed by atoms with Crippen molar-refractivity contribution in [3.63, 3.8) is 0 Å². The van der Waals surface area contributed by atoms with Gasteiger partial charge in [0.2, 0.25) is 0 Å². The lowest BCUT2D eigenvalue weighted by molar-refractivity contribution is -0.137. The molecule has 0 aliphatic rings. The van der Waals surface area contributed by atoms with E-state index in [1.165, 1.54) is 18.3 Å². The second kappa shape index (κ2) is 7.16. The Hall–Kier alpha value is -2.83. The van der Waals surface area contributed by atoms with Crippen LogP contribution in [0.4, 0.5) is 18.9 Å². The Labute approximate surface area is 137 Å². The molecule has 0 unspecified atom stereocenters. The van der Waals surface area contributed by atoms with Crippen molar-refractivity contribution in [1.82, 2.24) is 5.43 Å². The lowest BCUT2D eigenvalue weighted by atomic mass is 10.1. The summed E-state index contributed by atoms with van der Waals surface area (Å²) in [7, 11) is 3.83. The molecule has 0 aromatic heterocycles. The van der Waals surface area contributed by atoms with Crippen molar-refractivity contribution in [2.24, 2.45) is 5.10 Å². The molecule has 0 bridgehead atoms. The van der Waals surface area contributed by atoms with Crippen molar-refractivity contribution in [3.05, 3.63) is 65.2 Å². The van der Waals surface area contributed by atoms with Crippen LogP contribution in [0.3, 0.4) is 0 Å². The summed E-state index contributed by atoms with van der Waals surface area (Å²) in [5.41, 5.74) is 3.00. The summed E-state index contributed by atoms with van der Waals surface area (Å²) in [6.07, 6.45) is -3.07. The molecule has 7 heteroatoms. The van der Waals surface area contributed by atoms with E-state index in [4.69, 9.17) is 0 Å². The Morgan fingerprint density at radius 1 is 1.12 bits per heavy atom. The largest absolute Gasteiger partial charge is 0.416 e. The van der Waals surface area contributed by atoms with Gasteiger partial charge in [0.05, 0.1) is 11.8 Å². The summed E-state index contributed by atoms with van der Waals surface area (Å²) in [6.45, 7) is 0. The quantitative estimate of drug-likeness (QED) is 0.686. The number of alkyl halides is 3. The number of halogens is 3. The Balaban J connectivity index is 2.02. The molecule has 0 aliphatic heterocycles. The van der Waals surface area contributed by atoms with Crippen molar-refractivity contribution < 1.29 is 18.0 Å². The topological polar surface area (TPSA) is 44.7 Å².